The molecule has 0 bridgehead atoms. The minimum absolute atomic E-state index is 0.350. The fraction of sp³-hybridized carbons (Fsp3) is 0.231. The monoisotopic (exact) mass is 230 g/mol. The summed E-state index contributed by atoms with van der Waals surface area (Å²) in [5, 5.41) is 17.6. The van der Waals surface area contributed by atoms with Crippen molar-refractivity contribution in [1.29, 1.82) is 0 Å². The lowest BCUT2D eigenvalue weighted by atomic mass is 10.3. The van der Waals surface area contributed by atoms with Gasteiger partial charge in [0.25, 0.3) is 0 Å². The highest BCUT2D eigenvalue weighted by atomic mass is 32.1. The molecule has 0 aromatic carbocycles. The molecular weight excluding hydrogens is 220 g/mol. The van der Waals surface area contributed by atoms with Gasteiger partial charge >= 0.3 is 0 Å². The molecular formula is C13H10O2S. The zero-order chi connectivity index (χ0) is 11.8. The van der Waals surface area contributed by atoms with Crippen LogP contribution in [0.15, 0.2) is 12.1 Å². The van der Waals surface area contributed by atoms with Gasteiger partial charge in [-0.3, -0.25) is 0 Å². The third-order valence-electron chi connectivity index (χ3n) is 1.51. The molecule has 0 aliphatic rings. The standard InChI is InChI=1S/C13H10O2S/c1-2-3-4-5-12-8-9-13(16-12)7-6-11(15)10-14/h8-9,11,14-15H,10H2,1H3/t11-/m1/s1. The van der Waals surface area contributed by atoms with Crippen molar-refractivity contribution >= 4 is 11.3 Å². The van der Waals surface area contributed by atoms with Gasteiger partial charge in [-0.1, -0.05) is 17.8 Å². The second-order valence-corrected chi connectivity index (χ2v) is 3.84. The Labute approximate surface area is 98.9 Å². The molecule has 1 atom stereocenters. The van der Waals surface area contributed by atoms with Crippen LogP contribution in [0.4, 0.5) is 0 Å². The lowest BCUT2D eigenvalue weighted by molar-refractivity contribution is 0.138. The summed E-state index contributed by atoms with van der Waals surface area (Å²) in [6, 6.07) is 3.68. The molecule has 2 nitrogen and oxygen atoms in total. The summed E-state index contributed by atoms with van der Waals surface area (Å²) in [4.78, 5) is 1.69. The maximum atomic E-state index is 9.03. The van der Waals surface area contributed by atoms with Crippen LogP contribution in [0.3, 0.4) is 0 Å². The lowest BCUT2D eigenvalue weighted by Gasteiger charge is -1.92. The van der Waals surface area contributed by atoms with E-state index in [1.807, 2.05) is 12.1 Å². The van der Waals surface area contributed by atoms with E-state index in [-0.39, 0.29) is 6.61 Å². The Morgan fingerprint density at radius 1 is 1.25 bits per heavy atom. The number of hydrogen-bond donors (Lipinski definition) is 2. The molecule has 0 unspecified atom stereocenters. The van der Waals surface area contributed by atoms with E-state index >= 15 is 0 Å². The Hall–Kier alpha value is -1.70. The third-order valence-corrected chi connectivity index (χ3v) is 2.43. The second kappa shape index (κ2) is 6.72. The molecule has 16 heavy (non-hydrogen) atoms. The molecule has 80 valence electrons. The van der Waals surface area contributed by atoms with Crippen molar-refractivity contribution in [1.82, 2.24) is 0 Å². The van der Waals surface area contributed by atoms with Crippen LogP contribution in [0.2, 0.25) is 0 Å². The maximum absolute atomic E-state index is 9.03. The smallest absolute Gasteiger partial charge is 0.138 e. The molecule has 3 heteroatoms. The van der Waals surface area contributed by atoms with Crippen LogP contribution < -0.4 is 0 Å². The van der Waals surface area contributed by atoms with Gasteiger partial charge in [-0.2, -0.15) is 0 Å². The van der Waals surface area contributed by atoms with Gasteiger partial charge in [0, 0.05) is 0 Å². The molecule has 1 aromatic rings. The van der Waals surface area contributed by atoms with Gasteiger partial charge < -0.3 is 10.2 Å². The summed E-state index contributed by atoms with van der Waals surface area (Å²) < 4.78 is 0. The molecule has 0 aliphatic carbocycles. The molecule has 0 fully saturated rings. The first-order valence-electron chi connectivity index (χ1n) is 4.59. The maximum Gasteiger partial charge on any atom is 0.138 e. The summed E-state index contributed by atoms with van der Waals surface area (Å²) in [6.45, 7) is 1.38. The van der Waals surface area contributed by atoms with Crippen molar-refractivity contribution in [3.63, 3.8) is 0 Å². The number of hydrogen-bond acceptors (Lipinski definition) is 3. The summed E-state index contributed by atoms with van der Waals surface area (Å²) in [7, 11) is 0. The average Bonchev–Trinajstić information content (AvgIpc) is 2.74. The highest BCUT2D eigenvalue weighted by molar-refractivity contribution is 7.13. The first-order chi connectivity index (χ1) is 7.76. The predicted molar refractivity (Wildman–Crippen MR) is 64.6 cm³/mol. The van der Waals surface area contributed by atoms with Crippen molar-refractivity contribution in [2.45, 2.75) is 13.0 Å². The van der Waals surface area contributed by atoms with Crippen LogP contribution in [0, 0.1) is 35.5 Å². The number of aliphatic hydroxyl groups excluding tert-OH is 2. The minimum Gasteiger partial charge on any atom is -0.393 e. The minimum atomic E-state index is -0.984. The van der Waals surface area contributed by atoms with Crippen LogP contribution in [-0.4, -0.2) is 22.9 Å². The number of thiophene rings is 1. The summed E-state index contributed by atoms with van der Waals surface area (Å²) in [5.41, 5.74) is 0. The van der Waals surface area contributed by atoms with Crippen LogP contribution in [0.1, 0.15) is 16.7 Å². The lowest BCUT2D eigenvalue weighted by Crippen LogP contribution is -2.07. The Kier molecular flexibility index (Phi) is 5.20. The zero-order valence-electron chi connectivity index (χ0n) is 8.74. The van der Waals surface area contributed by atoms with Crippen LogP contribution >= 0.6 is 11.3 Å². The van der Waals surface area contributed by atoms with Crippen molar-refractivity contribution in [2.75, 3.05) is 6.61 Å². The van der Waals surface area contributed by atoms with E-state index in [9.17, 15) is 0 Å². The zero-order valence-corrected chi connectivity index (χ0v) is 9.56. The van der Waals surface area contributed by atoms with Gasteiger partial charge in [-0.05, 0) is 36.8 Å². The number of rotatable bonds is 1. The van der Waals surface area contributed by atoms with Gasteiger partial charge in [0.2, 0.25) is 0 Å². The van der Waals surface area contributed by atoms with Crippen molar-refractivity contribution in [2.24, 2.45) is 0 Å². The summed E-state index contributed by atoms with van der Waals surface area (Å²) in [6.07, 6.45) is -0.984. The average molecular weight is 230 g/mol. The predicted octanol–water partition coefficient (Wildman–Crippen LogP) is 0.828. The quantitative estimate of drug-likeness (QED) is 0.701. The molecule has 0 saturated carbocycles. The highest BCUT2D eigenvalue weighted by Gasteiger charge is 1.96. The Morgan fingerprint density at radius 2 is 1.94 bits per heavy atom. The van der Waals surface area contributed by atoms with Gasteiger partial charge in [0.05, 0.1) is 16.4 Å². The van der Waals surface area contributed by atoms with Gasteiger partial charge in [-0.25, -0.2) is 0 Å². The number of aliphatic hydroxyl groups is 2. The largest absolute Gasteiger partial charge is 0.393 e. The van der Waals surface area contributed by atoms with E-state index in [1.165, 1.54) is 11.3 Å². The summed E-state index contributed by atoms with van der Waals surface area (Å²) >= 11 is 1.43. The Morgan fingerprint density at radius 3 is 2.56 bits per heavy atom. The van der Waals surface area contributed by atoms with E-state index in [0.717, 1.165) is 9.75 Å². The summed E-state index contributed by atoms with van der Waals surface area (Å²) in [5.74, 6) is 16.2. The first-order valence-corrected chi connectivity index (χ1v) is 5.41. The van der Waals surface area contributed by atoms with Crippen molar-refractivity contribution < 1.29 is 10.2 Å². The van der Waals surface area contributed by atoms with Crippen LogP contribution in [-0.2, 0) is 0 Å². The van der Waals surface area contributed by atoms with E-state index in [1.54, 1.807) is 6.92 Å². The van der Waals surface area contributed by atoms with E-state index in [0.29, 0.717) is 0 Å². The van der Waals surface area contributed by atoms with Gasteiger partial charge in [0.1, 0.15) is 6.10 Å². The molecule has 0 radical (unpaired) electrons. The van der Waals surface area contributed by atoms with E-state index in [2.05, 4.69) is 35.5 Å². The Balaban J connectivity index is 2.74. The topological polar surface area (TPSA) is 40.5 Å². The van der Waals surface area contributed by atoms with Crippen molar-refractivity contribution in [3.8, 4) is 35.5 Å². The molecule has 1 aromatic heterocycles. The fourth-order valence-electron chi connectivity index (χ4n) is 0.828. The second-order valence-electron chi connectivity index (χ2n) is 2.76. The molecule has 0 aliphatic heterocycles. The molecule has 1 heterocycles. The normalized spacial score (nSPS) is 9.94. The first kappa shape index (κ1) is 12.4. The molecule has 0 amide bonds. The van der Waals surface area contributed by atoms with Gasteiger partial charge in [0.15, 0.2) is 0 Å². The SMILES string of the molecule is CC#CC#Cc1ccc(C#C[C@@H](O)CO)s1. The fourth-order valence-corrected chi connectivity index (χ4v) is 1.55. The molecule has 0 saturated heterocycles. The molecule has 0 spiro atoms. The van der Waals surface area contributed by atoms with Crippen LogP contribution in [0.5, 0.6) is 0 Å². The molecule has 2 N–H and O–H groups in total. The molecule has 1 rings (SSSR count). The van der Waals surface area contributed by atoms with E-state index in [4.69, 9.17) is 10.2 Å². The highest BCUT2D eigenvalue weighted by Crippen LogP contribution is 2.13. The van der Waals surface area contributed by atoms with Crippen LogP contribution in [0.25, 0.3) is 0 Å². The van der Waals surface area contributed by atoms with Crippen molar-refractivity contribution in [3.05, 3.63) is 21.9 Å². The Bertz CT molecular complexity index is 523. The van der Waals surface area contributed by atoms with Gasteiger partial charge in [-0.15, -0.1) is 11.3 Å². The van der Waals surface area contributed by atoms with E-state index < -0.39 is 6.10 Å². The third kappa shape index (κ3) is 4.22.